The number of aryl methyl sites for hydroxylation is 1. The van der Waals surface area contributed by atoms with Gasteiger partial charge in [-0.3, -0.25) is 4.99 Å². The number of nitrogens with one attached hydrogen (secondary N) is 2. The lowest BCUT2D eigenvalue weighted by atomic mass is 10.3. The van der Waals surface area contributed by atoms with Gasteiger partial charge < -0.3 is 15.4 Å². The average molecular weight is 494 g/mol. The number of carbonyl (C=O) groups is 1. The number of thiophene rings is 1. The molecule has 6 nitrogen and oxygen atoms in total. The number of guanidine groups is 1. The molecule has 0 aromatic carbocycles. The summed E-state index contributed by atoms with van der Waals surface area (Å²) in [7, 11) is 1.73. The van der Waals surface area contributed by atoms with Crippen LogP contribution in [0.5, 0.6) is 0 Å². The van der Waals surface area contributed by atoms with Gasteiger partial charge in [0.1, 0.15) is 9.88 Å². The van der Waals surface area contributed by atoms with Gasteiger partial charge in [0.2, 0.25) is 0 Å². The Kier molecular flexibility index (Phi) is 9.36. The molecule has 9 heteroatoms. The summed E-state index contributed by atoms with van der Waals surface area (Å²) in [5.74, 6) is 0.382. The van der Waals surface area contributed by atoms with Crippen molar-refractivity contribution in [1.29, 1.82) is 0 Å². The lowest BCUT2D eigenvalue weighted by molar-refractivity contribution is 0.0531. The van der Waals surface area contributed by atoms with Crippen LogP contribution in [0, 0.1) is 6.92 Å². The third-order valence-corrected chi connectivity index (χ3v) is 5.43. The minimum Gasteiger partial charge on any atom is -0.462 e. The maximum absolute atomic E-state index is 11.9. The van der Waals surface area contributed by atoms with Crippen molar-refractivity contribution in [3.8, 4) is 0 Å². The molecule has 2 N–H and O–H groups in total. The Balaban J connectivity index is 0.00000312. The number of aliphatic imine (C=N–C) groups is 1. The van der Waals surface area contributed by atoms with Gasteiger partial charge in [0, 0.05) is 11.9 Å². The highest BCUT2D eigenvalue weighted by Crippen LogP contribution is 2.24. The molecule has 0 spiro atoms. The third-order valence-electron chi connectivity index (χ3n) is 3.23. The molecule has 2 aromatic heterocycles. The first-order valence-corrected chi connectivity index (χ1v) is 9.38. The molecule has 1 unspecified atom stereocenters. The van der Waals surface area contributed by atoms with Crippen molar-refractivity contribution < 1.29 is 9.53 Å². The number of rotatable bonds is 6. The quantitative estimate of drug-likeness (QED) is 0.277. The molecule has 138 valence electrons. The summed E-state index contributed by atoms with van der Waals surface area (Å²) in [6.07, 6.45) is 0. The fourth-order valence-corrected chi connectivity index (χ4v) is 3.64. The van der Waals surface area contributed by atoms with Crippen molar-refractivity contribution in [3.05, 3.63) is 38.0 Å². The zero-order valence-electron chi connectivity index (χ0n) is 14.7. The second-order valence-electron chi connectivity index (χ2n) is 5.06. The van der Waals surface area contributed by atoms with E-state index in [0.29, 0.717) is 23.1 Å². The van der Waals surface area contributed by atoms with Crippen LogP contribution in [-0.2, 0) is 11.3 Å². The van der Waals surface area contributed by atoms with E-state index in [0.717, 1.165) is 11.6 Å². The summed E-state index contributed by atoms with van der Waals surface area (Å²) in [5, 5.41) is 9.44. The normalized spacial score (nSPS) is 12.2. The third kappa shape index (κ3) is 6.23. The monoisotopic (exact) mass is 494 g/mol. The smallest absolute Gasteiger partial charge is 0.350 e. The molecule has 0 fully saturated rings. The topological polar surface area (TPSA) is 75.6 Å². The van der Waals surface area contributed by atoms with Gasteiger partial charge in [-0.05, 0) is 32.2 Å². The zero-order valence-corrected chi connectivity index (χ0v) is 18.6. The Hall–Kier alpha value is -1.20. The highest BCUT2D eigenvalue weighted by atomic mass is 127. The molecule has 0 amide bonds. The van der Waals surface area contributed by atoms with Crippen molar-refractivity contribution in [2.75, 3.05) is 13.7 Å². The lowest BCUT2D eigenvalue weighted by Gasteiger charge is -2.15. The van der Waals surface area contributed by atoms with Crippen LogP contribution in [0.15, 0.2) is 22.5 Å². The molecule has 0 bridgehead atoms. The SMILES string of the molecule is CCOC(=O)c1sc(C(C)NC(=NC)NCc2cccs2)nc1C.I. The summed E-state index contributed by atoms with van der Waals surface area (Å²) in [4.78, 5) is 22.4. The molecule has 25 heavy (non-hydrogen) atoms. The van der Waals surface area contributed by atoms with Gasteiger partial charge in [-0.15, -0.1) is 46.7 Å². The minimum absolute atomic E-state index is 0. The zero-order chi connectivity index (χ0) is 17.5. The first kappa shape index (κ1) is 21.8. The van der Waals surface area contributed by atoms with E-state index in [4.69, 9.17) is 4.74 Å². The minimum atomic E-state index is -0.314. The number of hydrogen-bond donors (Lipinski definition) is 2. The van der Waals surface area contributed by atoms with Crippen LogP contribution in [0.2, 0.25) is 0 Å². The van der Waals surface area contributed by atoms with Gasteiger partial charge in [-0.25, -0.2) is 9.78 Å². The Labute approximate surface area is 173 Å². The molecule has 2 rings (SSSR count). The molecule has 1 atom stereocenters. The van der Waals surface area contributed by atoms with Crippen molar-refractivity contribution in [2.24, 2.45) is 4.99 Å². The van der Waals surface area contributed by atoms with Crippen LogP contribution >= 0.6 is 46.7 Å². The first-order chi connectivity index (χ1) is 11.5. The molecular formula is C16H23IN4O2S2. The number of nitrogens with zero attached hydrogens (tertiary/aromatic N) is 2. The van der Waals surface area contributed by atoms with Crippen molar-refractivity contribution in [2.45, 2.75) is 33.4 Å². The second-order valence-corrected chi connectivity index (χ2v) is 7.12. The summed E-state index contributed by atoms with van der Waals surface area (Å²) in [6.45, 7) is 6.68. The van der Waals surface area contributed by atoms with Crippen LogP contribution in [0.1, 0.15) is 45.1 Å². The van der Waals surface area contributed by atoms with Crippen LogP contribution < -0.4 is 10.6 Å². The molecule has 0 aliphatic heterocycles. The molecule has 0 saturated heterocycles. The highest BCUT2D eigenvalue weighted by molar-refractivity contribution is 14.0. The van der Waals surface area contributed by atoms with Crippen LogP contribution in [0.3, 0.4) is 0 Å². The largest absolute Gasteiger partial charge is 0.462 e. The summed E-state index contributed by atoms with van der Waals surface area (Å²) in [5.41, 5.74) is 0.698. The number of aromatic nitrogens is 1. The number of carbonyl (C=O) groups excluding carboxylic acids is 1. The number of esters is 1. The van der Waals surface area contributed by atoms with Gasteiger partial charge in [-0.1, -0.05) is 6.07 Å². The maximum atomic E-state index is 11.9. The van der Waals surface area contributed by atoms with Crippen LogP contribution in [-0.4, -0.2) is 30.6 Å². The van der Waals surface area contributed by atoms with Crippen molar-refractivity contribution in [3.63, 3.8) is 0 Å². The van der Waals surface area contributed by atoms with E-state index >= 15 is 0 Å². The summed E-state index contributed by atoms with van der Waals surface area (Å²) < 4.78 is 5.06. The summed E-state index contributed by atoms with van der Waals surface area (Å²) >= 11 is 3.05. The van der Waals surface area contributed by atoms with Crippen molar-refractivity contribution >= 4 is 58.6 Å². The number of hydrogen-bond acceptors (Lipinski definition) is 6. The van der Waals surface area contributed by atoms with E-state index in [-0.39, 0.29) is 36.0 Å². The Morgan fingerprint density at radius 1 is 1.48 bits per heavy atom. The van der Waals surface area contributed by atoms with E-state index in [1.165, 1.54) is 16.2 Å². The van der Waals surface area contributed by atoms with E-state index in [9.17, 15) is 4.79 Å². The molecule has 2 aromatic rings. The molecule has 2 heterocycles. The maximum Gasteiger partial charge on any atom is 0.350 e. The fraction of sp³-hybridized carbons (Fsp3) is 0.438. The van der Waals surface area contributed by atoms with Gasteiger partial charge >= 0.3 is 5.97 Å². The lowest BCUT2D eigenvalue weighted by Crippen LogP contribution is -2.38. The molecular weight excluding hydrogens is 471 g/mol. The van der Waals surface area contributed by atoms with E-state index in [1.807, 2.05) is 25.3 Å². The molecule has 0 aliphatic rings. The van der Waals surface area contributed by atoms with Gasteiger partial charge in [-0.2, -0.15) is 0 Å². The number of thiazole rings is 1. The Morgan fingerprint density at radius 3 is 2.84 bits per heavy atom. The fourth-order valence-electron chi connectivity index (χ4n) is 2.03. The predicted molar refractivity (Wildman–Crippen MR) is 114 cm³/mol. The first-order valence-electron chi connectivity index (χ1n) is 7.69. The van der Waals surface area contributed by atoms with Crippen LogP contribution in [0.4, 0.5) is 0 Å². The summed E-state index contributed by atoms with van der Waals surface area (Å²) in [6, 6.07) is 4.03. The molecule has 0 radical (unpaired) electrons. The van der Waals surface area contributed by atoms with Crippen molar-refractivity contribution in [1.82, 2.24) is 15.6 Å². The number of halogens is 1. The van der Waals surface area contributed by atoms with Gasteiger partial charge in [0.25, 0.3) is 0 Å². The van der Waals surface area contributed by atoms with Gasteiger partial charge in [0.05, 0.1) is 24.9 Å². The Bertz CT molecular complexity index is 701. The predicted octanol–water partition coefficient (Wildman–Crippen LogP) is 3.73. The molecule has 0 aliphatic carbocycles. The number of ether oxygens (including phenoxy) is 1. The Morgan fingerprint density at radius 2 is 2.24 bits per heavy atom. The van der Waals surface area contributed by atoms with E-state index in [2.05, 4.69) is 26.7 Å². The van der Waals surface area contributed by atoms with Crippen LogP contribution in [0.25, 0.3) is 0 Å². The standard InChI is InChI=1S/C16H22N4O2S2.HI/c1-5-22-15(21)13-10(2)19-14(24-13)11(3)20-16(17-4)18-9-12-7-6-8-23-12;/h6-8,11H,5,9H2,1-4H3,(H2,17,18,20);1H. The van der Waals surface area contributed by atoms with Gasteiger partial charge in [0.15, 0.2) is 5.96 Å². The molecule has 0 saturated carbocycles. The average Bonchev–Trinajstić information content (AvgIpc) is 3.20. The van der Waals surface area contributed by atoms with E-state index < -0.39 is 0 Å². The highest BCUT2D eigenvalue weighted by Gasteiger charge is 2.20. The second kappa shape index (κ2) is 10.7. The van der Waals surface area contributed by atoms with E-state index in [1.54, 1.807) is 25.3 Å².